The average Bonchev–Trinajstić information content (AvgIpc) is 2.15. The van der Waals surface area contributed by atoms with Crippen molar-refractivity contribution in [3.8, 4) is 0 Å². The number of methoxy groups -OCH3 is 1. The number of rotatable bonds is 3. The van der Waals surface area contributed by atoms with Crippen molar-refractivity contribution in [3.63, 3.8) is 0 Å². The summed E-state index contributed by atoms with van der Waals surface area (Å²) in [4.78, 5) is 22.9. The maximum atomic E-state index is 11.5. The summed E-state index contributed by atoms with van der Waals surface area (Å²) in [5.41, 5.74) is -1.36. The Kier molecular flexibility index (Phi) is 5.59. The molecule has 92 valence electrons. The van der Waals surface area contributed by atoms with E-state index in [1.165, 1.54) is 20.1 Å². The van der Waals surface area contributed by atoms with E-state index in [2.05, 4.69) is 10.1 Å². The number of carbonyl (C=O) groups excluding carboxylic acids is 2. The number of hydrogen-bond donors (Lipinski definition) is 1. The Bertz CT molecular complexity index is 312. The van der Waals surface area contributed by atoms with Crippen LogP contribution in [0.25, 0.3) is 0 Å². The first kappa shape index (κ1) is 15.6. The molecule has 0 saturated carbocycles. The van der Waals surface area contributed by atoms with E-state index < -0.39 is 21.2 Å². The van der Waals surface area contributed by atoms with Crippen LogP contribution in [-0.4, -0.2) is 28.3 Å². The Labute approximate surface area is 109 Å². The highest BCUT2D eigenvalue weighted by molar-refractivity contribution is 6.76. The number of allylic oxidation sites excluding steroid dienone is 1. The summed E-state index contributed by atoms with van der Waals surface area (Å²) in [6, 6.07) is 0. The number of halogens is 3. The number of alkyl halides is 3. The number of ether oxygens (including phenoxy) is 1. The van der Waals surface area contributed by atoms with Gasteiger partial charge in [0.05, 0.1) is 7.11 Å². The highest BCUT2D eigenvalue weighted by atomic mass is 35.6. The molecule has 0 fully saturated rings. The van der Waals surface area contributed by atoms with Crippen LogP contribution >= 0.6 is 34.8 Å². The van der Waals surface area contributed by atoms with Crippen LogP contribution in [0.5, 0.6) is 0 Å². The Morgan fingerprint density at radius 3 is 2.12 bits per heavy atom. The largest absolute Gasteiger partial charge is 0.467 e. The molecule has 1 atom stereocenters. The highest BCUT2D eigenvalue weighted by Crippen LogP contribution is 2.27. The summed E-state index contributed by atoms with van der Waals surface area (Å²) in [6.45, 7) is 3.12. The zero-order chi connectivity index (χ0) is 13.0. The molecule has 0 aromatic rings. The number of amides is 1. The normalized spacial score (nSPS) is 15.6. The molecule has 16 heavy (non-hydrogen) atoms. The first-order chi connectivity index (χ1) is 7.17. The van der Waals surface area contributed by atoms with E-state index in [9.17, 15) is 9.59 Å². The second kappa shape index (κ2) is 5.75. The van der Waals surface area contributed by atoms with E-state index in [1.807, 2.05) is 0 Å². The van der Waals surface area contributed by atoms with E-state index in [0.717, 1.165) is 0 Å². The number of carbonyl (C=O) groups is 2. The smallest absolute Gasteiger partial charge is 0.335 e. The van der Waals surface area contributed by atoms with Crippen molar-refractivity contribution in [2.24, 2.45) is 0 Å². The van der Waals surface area contributed by atoms with Gasteiger partial charge in [-0.2, -0.15) is 0 Å². The van der Waals surface area contributed by atoms with Crippen LogP contribution < -0.4 is 5.32 Å². The van der Waals surface area contributed by atoms with Gasteiger partial charge < -0.3 is 10.1 Å². The van der Waals surface area contributed by atoms with Crippen LogP contribution in [0.15, 0.2) is 12.2 Å². The zero-order valence-corrected chi connectivity index (χ0v) is 11.3. The summed E-state index contributed by atoms with van der Waals surface area (Å²) in [5, 5.41) is 2.29. The van der Waals surface area contributed by atoms with Crippen molar-refractivity contribution < 1.29 is 14.3 Å². The molecule has 7 heteroatoms. The lowest BCUT2D eigenvalue weighted by molar-refractivity contribution is -0.147. The molecule has 0 aliphatic heterocycles. The molecular weight excluding hydrogens is 276 g/mol. The van der Waals surface area contributed by atoms with Gasteiger partial charge in [0.25, 0.3) is 9.70 Å². The van der Waals surface area contributed by atoms with Gasteiger partial charge in [-0.15, -0.1) is 0 Å². The van der Waals surface area contributed by atoms with Gasteiger partial charge in [0, 0.05) is 0 Å². The van der Waals surface area contributed by atoms with Gasteiger partial charge in [0.1, 0.15) is 0 Å². The monoisotopic (exact) mass is 287 g/mol. The van der Waals surface area contributed by atoms with E-state index in [4.69, 9.17) is 34.8 Å². The molecule has 0 aromatic carbocycles. The van der Waals surface area contributed by atoms with E-state index in [-0.39, 0.29) is 0 Å². The van der Waals surface area contributed by atoms with Crippen molar-refractivity contribution in [1.82, 2.24) is 5.32 Å². The number of nitrogens with one attached hydrogen (secondary N) is 1. The summed E-state index contributed by atoms with van der Waals surface area (Å²) >= 11 is 16.1. The Balaban J connectivity index is 4.97. The predicted molar refractivity (Wildman–Crippen MR) is 63.7 cm³/mol. The van der Waals surface area contributed by atoms with E-state index in [1.54, 1.807) is 13.0 Å². The average molecular weight is 289 g/mol. The van der Waals surface area contributed by atoms with E-state index in [0.29, 0.717) is 0 Å². The van der Waals surface area contributed by atoms with Gasteiger partial charge in [0.15, 0.2) is 5.54 Å². The van der Waals surface area contributed by atoms with Crippen LogP contribution in [0.1, 0.15) is 13.8 Å². The Morgan fingerprint density at radius 1 is 1.31 bits per heavy atom. The molecule has 4 nitrogen and oxygen atoms in total. The minimum absolute atomic E-state index is 0.659. The first-order valence-corrected chi connectivity index (χ1v) is 5.42. The van der Waals surface area contributed by atoms with Gasteiger partial charge in [-0.25, -0.2) is 4.79 Å². The molecule has 0 spiro atoms. The lowest BCUT2D eigenvalue weighted by Gasteiger charge is -2.26. The van der Waals surface area contributed by atoms with Crippen LogP contribution in [0.4, 0.5) is 0 Å². The van der Waals surface area contributed by atoms with Gasteiger partial charge in [0.2, 0.25) is 0 Å². The molecule has 0 radical (unpaired) electrons. The lowest BCUT2D eigenvalue weighted by Crippen LogP contribution is -2.54. The molecule has 1 N–H and O–H groups in total. The van der Waals surface area contributed by atoms with Gasteiger partial charge >= 0.3 is 5.97 Å². The molecule has 0 aliphatic rings. The molecule has 0 unspecified atom stereocenters. The minimum Gasteiger partial charge on any atom is -0.467 e. The minimum atomic E-state index is -2.13. The summed E-state index contributed by atoms with van der Waals surface area (Å²) in [7, 11) is 1.20. The van der Waals surface area contributed by atoms with Crippen LogP contribution in [-0.2, 0) is 14.3 Å². The number of hydrogen-bond acceptors (Lipinski definition) is 3. The molecule has 0 aliphatic carbocycles. The first-order valence-electron chi connectivity index (χ1n) is 4.29. The third-order valence-corrected chi connectivity index (χ3v) is 2.26. The zero-order valence-electron chi connectivity index (χ0n) is 9.01. The highest BCUT2D eigenvalue weighted by Gasteiger charge is 2.39. The van der Waals surface area contributed by atoms with E-state index >= 15 is 0 Å². The Hall–Kier alpha value is -0.450. The van der Waals surface area contributed by atoms with Crippen LogP contribution in [0, 0.1) is 0 Å². The van der Waals surface area contributed by atoms with Gasteiger partial charge in [-0.05, 0) is 13.8 Å². The van der Waals surface area contributed by atoms with Crippen molar-refractivity contribution in [1.29, 1.82) is 0 Å². The second-order valence-corrected chi connectivity index (χ2v) is 5.43. The predicted octanol–water partition coefficient (Wildman–Crippen LogP) is 1.98. The molecule has 0 saturated heterocycles. The third kappa shape index (κ3) is 4.20. The fourth-order valence-electron chi connectivity index (χ4n) is 1.01. The molecule has 0 aromatic heterocycles. The maximum Gasteiger partial charge on any atom is 0.335 e. The Morgan fingerprint density at radius 2 is 1.81 bits per heavy atom. The summed E-state index contributed by atoms with van der Waals surface area (Å²) in [5.74, 6) is -1.56. The van der Waals surface area contributed by atoms with Gasteiger partial charge in [-0.1, -0.05) is 47.0 Å². The molecular formula is C9H12Cl3NO3. The molecule has 0 bridgehead atoms. The van der Waals surface area contributed by atoms with Crippen molar-refractivity contribution >= 4 is 46.7 Å². The summed E-state index contributed by atoms with van der Waals surface area (Å²) < 4.78 is 2.42. The standard InChI is InChI=1S/C9H12Cl3NO3/c1-4-5-8(2,7(15)16-3)13-6(14)9(10,11)12/h4-5H,1-3H3,(H,13,14)/b5-4+/t8-/m0/s1. The fourth-order valence-corrected chi connectivity index (χ4v) is 1.15. The van der Waals surface area contributed by atoms with Crippen molar-refractivity contribution in [3.05, 3.63) is 12.2 Å². The summed E-state index contributed by atoms with van der Waals surface area (Å²) in [6.07, 6.45) is 3.02. The fraction of sp³-hybridized carbons (Fsp3) is 0.556. The SMILES string of the molecule is C/C=C/[C@](C)(NC(=O)C(Cl)(Cl)Cl)C(=O)OC. The van der Waals surface area contributed by atoms with Gasteiger partial charge in [-0.3, -0.25) is 4.79 Å². The lowest BCUT2D eigenvalue weighted by atomic mass is 10.0. The molecule has 0 heterocycles. The van der Waals surface area contributed by atoms with Crippen LogP contribution in [0.3, 0.4) is 0 Å². The second-order valence-electron chi connectivity index (χ2n) is 3.15. The third-order valence-electron chi connectivity index (χ3n) is 1.74. The number of esters is 1. The maximum absolute atomic E-state index is 11.5. The van der Waals surface area contributed by atoms with Crippen LogP contribution in [0.2, 0.25) is 0 Å². The quantitative estimate of drug-likeness (QED) is 0.491. The molecule has 0 rings (SSSR count). The molecule has 1 amide bonds. The van der Waals surface area contributed by atoms with Crippen molar-refractivity contribution in [2.75, 3.05) is 7.11 Å². The topological polar surface area (TPSA) is 55.4 Å². The van der Waals surface area contributed by atoms with Crippen molar-refractivity contribution in [2.45, 2.75) is 23.2 Å².